The second-order valence-electron chi connectivity index (χ2n) is 4.10. The summed E-state index contributed by atoms with van der Waals surface area (Å²) >= 11 is 0. The first kappa shape index (κ1) is 13.9. The number of hydrogen-bond donors (Lipinski definition) is 1. The van der Waals surface area contributed by atoms with Crippen LogP contribution in [0.5, 0.6) is 0 Å². The van der Waals surface area contributed by atoms with E-state index in [2.05, 4.69) is 6.92 Å². The number of nitrogens with two attached hydrogens (primary N) is 1. The van der Waals surface area contributed by atoms with E-state index in [1.807, 2.05) is 0 Å². The van der Waals surface area contributed by atoms with Gasteiger partial charge in [-0.3, -0.25) is 0 Å². The lowest BCUT2D eigenvalue weighted by Gasteiger charge is -2.10. The van der Waals surface area contributed by atoms with E-state index in [4.69, 9.17) is 10.5 Å². The molecule has 1 atom stereocenters. The first-order valence-corrected chi connectivity index (χ1v) is 6.05. The van der Waals surface area contributed by atoms with Crippen LogP contribution in [0.25, 0.3) is 0 Å². The average molecular weight is 201 g/mol. The molecule has 0 saturated carbocycles. The van der Waals surface area contributed by atoms with Crippen molar-refractivity contribution in [3.8, 4) is 0 Å². The molecule has 0 radical (unpaired) electrons. The van der Waals surface area contributed by atoms with Crippen LogP contribution in [0.1, 0.15) is 58.3 Å². The Morgan fingerprint density at radius 1 is 1.00 bits per heavy atom. The van der Waals surface area contributed by atoms with Gasteiger partial charge in [-0.05, 0) is 12.8 Å². The zero-order valence-electron chi connectivity index (χ0n) is 9.93. The van der Waals surface area contributed by atoms with E-state index in [-0.39, 0.29) is 0 Å². The highest BCUT2D eigenvalue weighted by Crippen LogP contribution is 2.08. The van der Waals surface area contributed by atoms with Crippen LogP contribution in [-0.2, 0) is 4.74 Å². The minimum absolute atomic E-state index is 0.348. The number of unbranched alkanes of at least 4 members (excludes halogenated alkanes) is 5. The average Bonchev–Trinajstić information content (AvgIpc) is 2.20. The van der Waals surface area contributed by atoms with E-state index in [9.17, 15) is 0 Å². The van der Waals surface area contributed by atoms with Gasteiger partial charge in [0.15, 0.2) is 0 Å². The maximum absolute atomic E-state index is 5.92. The van der Waals surface area contributed by atoms with E-state index >= 15 is 0 Å². The zero-order chi connectivity index (χ0) is 10.6. The van der Waals surface area contributed by atoms with Crippen LogP contribution in [0.15, 0.2) is 0 Å². The van der Waals surface area contributed by atoms with Gasteiger partial charge in [0.2, 0.25) is 0 Å². The molecular formula is C12H27NO. The first-order valence-electron chi connectivity index (χ1n) is 6.05. The Morgan fingerprint density at radius 2 is 1.64 bits per heavy atom. The van der Waals surface area contributed by atoms with Crippen molar-refractivity contribution < 1.29 is 4.74 Å². The fourth-order valence-electron chi connectivity index (χ4n) is 1.60. The molecule has 0 saturated heterocycles. The Bertz CT molecular complexity index is 106. The minimum atomic E-state index is 0.348. The smallest absolute Gasteiger partial charge is 0.0477 e. The molecule has 2 heteroatoms. The SMILES string of the molecule is CCCCCCCCC(N)CCOC. The molecule has 2 nitrogen and oxygen atoms in total. The van der Waals surface area contributed by atoms with Crippen LogP contribution >= 0.6 is 0 Å². The Balaban J connectivity index is 3.02. The van der Waals surface area contributed by atoms with Gasteiger partial charge in [-0.1, -0.05) is 45.4 Å². The highest BCUT2D eigenvalue weighted by Gasteiger charge is 2.01. The van der Waals surface area contributed by atoms with Crippen molar-refractivity contribution in [1.82, 2.24) is 0 Å². The molecule has 0 bridgehead atoms. The Labute approximate surface area is 89.2 Å². The van der Waals surface area contributed by atoms with Gasteiger partial charge in [0.25, 0.3) is 0 Å². The molecule has 1 unspecified atom stereocenters. The van der Waals surface area contributed by atoms with E-state index in [0.717, 1.165) is 19.4 Å². The van der Waals surface area contributed by atoms with Gasteiger partial charge in [0.05, 0.1) is 0 Å². The number of ether oxygens (including phenoxy) is 1. The van der Waals surface area contributed by atoms with Crippen LogP contribution < -0.4 is 5.73 Å². The van der Waals surface area contributed by atoms with Gasteiger partial charge < -0.3 is 10.5 Å². The van der Waals surface area contributed by atoms with Gasteiger partial charge in [-0.2, -0.15) is 0 Å². The zero-order valence-corrected chi connectivity index (χ0v) is 9.93. The molecule has 0 aromatic heterocycles. The molecule has 86 valence electrons. The lowest BCUT2D eigenvalue weighted by Crippen LogP contribution is -2.21. The fraction of sp³-hybridized carbons (Fsp3) is 1.00. The summed E-state index contributed by atoms with van der Waals surface area (Å²) in [5.74, 6) is 0. The maximum atomic E-state index is 5.92. The van der Waals surface area contributed by atoms with Crippen LogP contribution in [0.4, 0.5) is 0 Å². The minimum Gasteiger partial charge on any atom is -0.385 e. The van der Waals surface area contributed by atoms with Gasteiger partial charge in [0.1, 0.15) is 0 Å². The number of hydrogen-bond acceptors (Lipinski definition) is 2. The molecular weight excluding hydrogens is 174 g/mol. The van der Waals surface area contributed by atoms with Gasteiger partial charge >= 0.3 is 0 Å². The number of methoxy groups -OCH3 is 1. The second kappa shape index (κ2) is 11.0. The van der Waals surface area contributed by atoms with Crippen molar-refractivity contribution in [2.45, 2.75) is 64.3 Å². The standard InChI is InChI=1S/C12H27NO/c1-3-4-5-6-7-8-9-12(13)10-11-14-2/h12H,3-11,13H2,1-2H3. The van der Waals surface area contributed by atoms with Crippen molar-refractivity contribution in [2.24, 2.45) is 5.73 Å². The molecule has 0 aromatic rings. The van der Waals surface area contributed by atoms with Gasteiger partial charge in [-0.25, -0.2) is 0 Å². The Hall–Kier alpha value is -0.0800. The summed E-state index contributed by atoms with van der Waals surface area (Å²) in [6.07, 6.45) is 10.3. The van der Waals surface area contributed by atoms with Gasteiger partial charge in [0, 0.05) is 19.8 Å². The first-order chi connectivity index (χ1) is 6.81. The third kappa shape index (κ3) is 10.0. The van der Waals surface area contributed by atoms with Crippen molar-refractivity contribution in [3.63, 3.8) is 0 Å². The Morgan fingerprint density at radius 3 is 2.29 bits per heavy atom. The molecule has 0 aliphatic carbocycles. The van der Waals surface area contributed by atoms with Crippen LogP contribution in [0.2, 0.25) is 0 Å². The summed E-state index contributed by atoms with van der Waals surface area (Å²) in [5.41, 5.74) is 5.92. The normalized spacial score (nSPS) is 13.1. The molecule has 0 heterocycles. The van der Waals surface area contributed by atoms with Gasteiger partial charge in [-0.15, -0.1) is 0 Å². The third-order valence-electron chi connectivity index (χ3n) is 2.62. The van der Waals surface area contributed by atoms with E-state index in [0.29, 0.717) is 6.04 Å². The molecule has 0 amide bonds. The number of rotatable bonds is 10. The molecule has 0 fully saturated rings. The molecule has 0 spiro atoms. The van der Waals surface area contributed by atoms with E-state index in [1.165, 1.54) is 38.5 Å². The lowest BCUT2D eigenvalue weighted by atomic mass is 10.0. The lowest BCUT2D eigenvalue weighted by molar-refractivity contribution is 0.186. The summed E-state index contributed by atoms with van der Waals surface area (Å²) in [5, 5.41) is 0. The molecule has 0 aliphatic rings. The van der Waals surface area contributed by atoms with Crippen molar-refractivity contribution in [3.05, 3.63) is 0 Å². The van der Waals surface area contributed by atoms with Crippen molar-refractivity contribution in [1.29, 1.82) is 0 Å². The van der Waals surface area contributed by atoms with E-state index in [1.54, 1.807) is 7.11 Å². The highest BCUT2D eigenvalue weighted by molar-refractivity contribution is 4.60. The molecule has 0 aliphatic heterocycles. The summed E-state index contributed by atoms with van der Waals surface area (Å²) in [6, 6.07) is 0.348. The van der Waals surface area contributed by atoms with Crippen molar-refractivity contribution in [2.75, 3.05) is 13.7 Å². The highest BCUT2D eigenvalue weighted by atomic mass is 16.5. The van der Waals surface area contributed by atoms with Crippen LogP contribution in [0, 0.1) is 0 Å². The van der Waals surface area contributed by atoms with Crippen LogP contribution in [0.3, 0.4) is 0 Å². The second-order valence-corrected chi connectivity index (χ2v) is 4.10. The molecule has 0 aromatic carbocycles. The fourth-order valence-corrected chi connectivity index (χ4v) is 1.60. The summed E-state index contributed by atoms with van der Waals surface area (Å²) < 4.78 is 4.99. The molecule has 2 N–H and O–H groups in total. The van der Waals surface area contributed by atoms with Crippen LogP contribution in [-0.4, -0.2) is 19.8 Å². The Kier molecular flexibility index (Phi) is 10.9. The predicted octanol–water partition coefficient (Wildman–Crippen LogP) is 3.10. The summed E-state index contributed by atoms with van der Waals surface area (Å²) in [6.45, 7) is 3.05. The van der Waals surface area contributed by atoms with Crippen molar-refractivity contribution >= 4 is 0 Å². The maximum Gasteiger partial charge on any atom is 0.0477 e. The monoisotopic (exact) mass is 201 g/mol. The quantitative estimate of drug-likeness (QED) is 0.551. The summed E-state index contributed by atoms with van der Waals surface area (Å²) in [4.78, 5) is 0. The van der Waals surface area contributed by atoms with E-state index < -0.39 is 0 Å². The largest absolute Gasteiger partial charge is 0.385 e. The molecule has 0 rings (SSSR count). The summed E-state index contributed by atoms with van der Waals surface area (Å²) in [7, 11) is 1.73. The molecule has 14 heavy (non-hydrogen) atoms. The topological polar surface area (TPSA) is 35.2 Å². The predicted molar refractivity (Wildman–Crippen MR) is 62.5 cm³/mol. The third-order valence-corrected chi connectivity index (χ3v) is 2.62.